The number of benzene rings is 1. The highest BCUT2D eigenvalue weighted by Crippen LogP contribution is 2.31. The highest BCUT2D eigenvalue weighted by molar-refractivity contribution is 9.10. The molecule has 0 bridgehead atoms. The zero-order chi connectivity index (χ0) is 13.8. The van der Waals surface area contributed by atoms with Gasteiger partial charge in [0.05, 0.1) is 11.8 Å². The zero-order valence-electron chi connectivity index (χ0n) is 11.7. The fourth-order valence-electron chi connectivity index (χ4n) is 2.56. The van der Waals surface area contributed by atoms with Crippen molar-refractivity contribution in [3.63, 3.8) is 0 Å². The molecular weight excluding hydrogens is 304 g/mol. The van der Waals surface area contributed by atoms with E-state index in [2.05, 4.69) is 46.0 Å². The fraction of sp³-hybridized carbons (Fsp3) is 0.600. The first kappa shape index (κ1) is 14.8. The molecular formula is C15H23BrN2O. The Balaban J connectivity index is 2.03. The number of halogens is 1. The molecule has 1 fully saturated rings. The molecule has 19 heavy (non-hydrogen) atoms. The van der Waals surface area contributed by atoms with Gasteiger partial charge in [-0.15, -0.1) is 0 Å². The van der Waals surface area contributed by atoms with Gasteiger partial charge in [0.25, 0.3) is 0 Å². The van der Waals surface area contributed by atoms with Gasteiger partial charge >= 0.3 is 0 Å². The third-order valence-corrected chi connectivity index (χ3v) is 4.32. The summed E-state index contributed by atoms with van der Waals surface area (Å²) in [5, 5.41) is 0. The lowest BCUT2D eigenvalue weighted by Crippen LogP contribution is -2.37. The number of ether oxygens (including phenoxy) is 1. The zero-order valence-corrected chi connectivity index (χ0v) is 13.3. The molecule has 0 unspecified atom stereocenters. The molecule has 0 aromatic heterocycles. The van der Waals surface area contributed by atoms with Crippen molar-refractivity contribution in [3.8, 4) is 0 Å². The maximum atomic E-state index is 5.91. The van der Waals surface area contributed by atoms with Crippen LogP contribution in [0.1, 0.15) is 38.3 Å². The first-order chi connectivity index (χ1) is 9.11. The Kier molecular flexibility index (Phi) is 5.25. The number of anilines is 1. The van der Waals surface area contributed by atoms with Crippen LogP contribution >= 0.6 is 15.9 Å². The topological polar surface area (TPSA) is 38.5 Å². The highest BCUT2D eigenvalue weighted by atomic mass is 79.9. The second-order valence-corrected chi connectivity index (χ2v) is 6.00. The van der Waals surface area contributed by atoms with E-state index in [1.54, 1.807) is 0 Å². The minimum atomic E-state index is 0.0778. The molecule has 106 valence electrons. The summed E-state index contributed by atoms with van der Waals surface area (Å²) in [6, 6.07) is 6.51. The van der Waals surface area contributed by atoms with Gasteiger partial charge in [-0.1, -0.05) is 6.07 Å². The lowest BCUT2D eigenvalue weighted by atomic mass is 10.1. The van der Waals surface area contributed by atoms with Crippen molar-refractivity contribution in [1.82, 2.24) is 0 Å². The first-order valence-electron chi connectivity index (χ1n) is 7.03. The van der Waals surface area contributed by atoms with Crippen molar-refractivity contribution in [3.05, 3.63) is 28.2 Å². The monoisotopic (exact) mass is 326 g/mol. The van der Waals surface area contributed by atoms with Crippen molar-refractivity contribution >= 4 is 21.6 Å². The van der Waals surface area contributed by atoms with Crippen LogP contribution in [0.3, 0.4) is 0 Å². The summed E-state index contributed by atoms with van der Waals surface area (Å²) in [6.45, 7) is 7.00. The molecule has 1 aliphatic rings. The van der Waals surface area contributed by atoms with Gasteiger partial charge in [0.15, 0.2) is 0 Å². The van der Waals surface area contributed by atoms with Gasteiger partial charge < -0.3 is 15.4 Å². The average Bonchev–Trinajstić information content (AvgIpc) is 2.40. The van der Waals surface area contributed by atoms with E-state index in [9.17, 15) is 0 Å². The fourth-order valence-corrected chi connectivity index (χ4v) is 3.21. The van der Waals surface area contributed by atoms with E-state index in [4.69, 9.17) is 10.5 Å². The van der Waals surface area contributed by atoms with Crippen molar-refractivity contribution in [1.29, 1.82) is 0 Å². The van der Waals surface area contributed by atoms with Crippen LogP contribution in [-0.2, 0) is 4.74 Å². The number of hydrogen-bond acceptors (Lipinski definition) is 3. The Labute approximate surface area is 124 Å². The van der Waals surface area contributed by atoms with Gasteiger partial charge in [-0.05, 0) is 60.3 Å². The molecule has 0 saturated carbocycles. The maximum Gasteiger partial charge on any atom is 0.0608 e. The smallest absolute Gasteiger partial charge is 0.0608 e. The van der Waals surface area contributed by atoms with Gasteiger partial charge in [0.1, 0.15) is 0 Å². The molecule has 2 N–H and O–H groups in total. The number of nitrogens with two attached hydrogens (primary N) is 1. The van der Waals surface area contributed by atoms with E-state index in [1.807, 2.05) is 6.92 Å². The van der Waals surface area contributed by atoms with Crippen LogP contribution in [0, 0.1) is 0 Å². The highest BCUT2D eigenvalue weighted by Gasteiger charge is 2.21. The normalized spacial score (nSPS) is 18.6. The summed E-state index contributed by atoms with van der Waals surface area (Å²) in [5.41, 5.74) is 8.34. The van der Waals surface area contributed by atoms with Crippen LogP contribution in [-0.4, -0.2) is 25.8 Å². The quantitative estimate of drug-likeness (QED) is 0.920. The molecule has 4 heteroatoms. The molecule has 1 aliphatic heterocycles. The summed E-state index contributed by atoms with van der Waals surface area (Å²) < 4.78 is 6.83. The van der Waals surface area contributed by atoms with Gasteiger partial charge in [-0.25, -0.2) is 0 Å². The average molecular weight is 327 g/mol. The minimum absolute atomic E-state index is 0.0778. The third kappa shape index (κ3) is 3.71. The summed E-state index contributed by atoms with van der Waals surface area (Å²) >= 11 is 3.67. The van der Waals surface area contributed by atoms with Crippen molar-refractivity contribution < 1.29 is 4.74 Å². The predicted molar refractivity (Wildman–Crippen MR) is 83.6 cm³/mol. The molecule has 1 saturated heterocycles. The van der Waals surface area contributed by atoms with Crippen molar-refractivity contribution in [2.75, 3.05) is 24.6 Å². The standard InChI is InChI=1S/C15H23BrN2O/c1-3-19-13-6-8-18(9-7-13)15-5-4-12(11(2)17)10-14(15)16/h4-5,10-11,13H,3,6-9,17H2,1-2H3/t11-/m0/s1. The van der Waals surface area contributed by atoms with E-state index in [-0.39, 0.29) is 6.04 Å². The summed E-state index contributed by atoms with van der Waals surface area (Å²) in [7, 11) is 0. The molecule has 1 heterocycles. The third-order valence-electron chi connectivity index (χ3n) is 3.68. The predicted octanol–water partition coefficient (Wildman–Crippen LogP) is 3.47. The Morgan fingerprint density at radius 2 is 2.11 bits per heavy atom. The minimum Gasteiger partial charge on any atom is -0.378 e. The van der Waals surface area contributed by atoms with E-state index in [1.165, 1.54) is 11.3 Å². The number of rotatable bonds is 4. The van der Waals surface area contributed by atoms with Crippen LogP contribution in [0.5, 0.6) is 0 Å². The van der Waals surface area contributed by atoms with Gasteiger partial charge in [0, 0.05) is 30.2 Å². The molecule has 2 rings (SSSR count). The number of nitrogens with zero attached hydrogens (tertiary/aromatic N) is 1. The Morgan fingerprint density at radius 1 is 1.42 bits per heavy atom. The SMILES string of the molecule is CCOC1CCN(c2ccc([C@H](C)N)cc2Br)CC1. The maximum absolute atomic E-state index is 5.91. The van der Waals surface area contributed by atoms with Crippen molar-refractivity contribution in [2.24, 2.45) is 5.73 Å². The molecule has 0 aliphatic carbocycles. The second kappa shape index (κ2) is 6.73. The van der Waals surface area contributed by atoms with Crippen LogP contribution in [0.25, 0.3) is 0 Å². The Morgan fingerprint density at radius 3 is 2.63 bits per heavy atom. The lowest BCUT2D eigenvalue weighted by molar-refractivity contribution is 0.0459. The molecule has 0 radical (unpaired) electrons. The Hall–Kier alpha value is -0.580. The van der Waals surface area contributed by atoms with Crippen LogP contribution in [0.4, 0.5) is 5.69 Å². The molecule has 0 spiro atoms. The first-order valence-corrected chi connectivity index (χ1v) is 7.82. The van der Waals surface area contributed by atoms with Gasteiger partial charge in [0.2, 0.25) is 0 Å². The molecule has 3 nitrogen and oxygen atoms in total. The van der Waals surface area contributed by atoms with Crippen molar-refractivity contribution in [2.45, 2.75) is 38.8 Å². The number of hydrogen-bond donors (Lipinski definition) is 1. The van der Waals surface area contributed by atoms with Crippen LogP contribution < -0.4 is 10.6 Å². The molecule has 1 aromatic carbocycles. The van der Waals surface area contributed by atoms with E-state index < -0.39 is 0 Å². The molecule has 0 amide bonds. The summed E-state index contributed by atoms with van der Waals surface area (Å²) in [5.74, 6) is 0. The molecule has 1 aromatic rings. The van der Waals surface area contributed by atoms with E-state index >= 15 is 0 Å². The van der Waals surface area contributed by atoms with Gasteiger partial charge in [-0.2, -0.15) is 0 Å². The lowest BCUT2D eigenvalue weighted by Gasteiger charge is -2.34. The Bertz CT molecular complexity index is 415. The largest absolute Gasteiger partial charge is 0.378 e. The van der Waals surface area contributed by atoms with Crippen LogP contribution in [0.15, 0.2) is 22.7 Å². The van der Waals surface area contributed by atoms with Gasteiger partial charge in [-0.3, -0.25) is 0 Å². The number of piperidine rings is 1. The summed E-state index contributed by atoms with van der Waals surface area (Å²) in [6.07, 6.45) is 2.65. The summed E-state index contributed by atoms with van der Waals surface area (Å²) in [4.78, 5) is 2.42. The second-order valence-electron chi connectivity index (χ2n) is 5.14. The van der Waals surface area contributed by atoms with E-state index in [0.29, 0.717) is 6.10 Å². The molecule has 1 atom stereocenters. The van der Waals surface area contributed by atoms with Crippen LogP contribution in [0.2, 0.25) is 0 Å². The van der Waals surface area contributed by atoms with E-state index in [0.717, 1.165) is 37.0 Å².